The third kappa shape index (κ3) is 3.14. The molecule has 1 aromatic carbocycles. The summed E-state index contributed by atoms with van der Waals surface area (Å²) in [5.74, 6) is -0.173. The van der Waals surface area contributed by atoms with Gasteiger partial charge in [0.2, 0.25) is 5.91 Å². The smallest absolute Gasteiger partial charge is 0.345 e. The summed E-state index contributed by atoms with van der Waals surface area (Å²) < 4.78 is 6.52. The van der Waals surface area contributed by atoms with Gasteiger partial charge in [0.1, 0.15) is 0 Å². The highest BCUT2D eigenvalue weighted by Crippen LogP contribution is 2.07. The van der Waals surface area contributed by atoms with Crippen LogP contribution in [0.4, 0.5) is 0 Å². The van der Waals surface area contributed by atoms with Crippen molar-refractivity contribution < 1.29 is 9.53 Å². The largest absolute Gasteiger partial charge is 0.379 e. The van der Waals surface area contributed by atoms with Crippen LogP contribution >= 0.6 is 0 Å². The Hall–Kier alpha value is -2.12. The van der Waals surface area contributed by atoms with Crippen molar-refractivity contribution in [1.82, 2.24) is 14.6 Å². The summed E-state index contributed by atoms with van der Waals surface area (Å²) in [4.78, 5) is 28.7. The van der Waals surface area contributed by atoms with Gasteiger partial charge in [0.05, 0.1) is 24.2 Å². The Kier molecular flexibility index (Phi) is 4.03. The first-order valence-corrected chi connectivity index (χ1v) is 7.04. The van der Waals surface area contributed by atoms with Crippen LogP contribution in [0.3, 0.4) is 0 Å². The number of para-hydroxylation sites is 2. The molecule has 3 rings (SSSR count). The van der Waals surface area contributed by atoms with Crippen LogP contribution in [-0.2, 0) is 9.53 Å². The number of fused-ring (bicyclic) bond motifs is 1. The number of hydrogen-bond acceptors (Lipinski definition) is 4. The standard InChI is InChI=1S/C14H18N4O3/c19-13(5-6-17-7-9-21-10-8-17)16-18-12-4-2-1-3-11(12)15-14(18)20/h1-4H,5-10H2,(H,15,20)(H,16,19). The van der Waals surface area contributed by atoms with E-state index in [4.69, 9.17) is 4.74 Å². The summed E-state index contributed by atoms with van der Waals surface area (Å²) >= 11 is 0. The third-order valence-corrected chi connectivity index (χ3v) is 3.58. The molecule has 1 fully saturated rings. The second kappa shape index (κ2) is 6.11. The Balaban J connectivity index is 1.63. The minimum Gasteiger partial charge on any atom is -0.379 e. The number of aromatic amines is 1. The quantitative estimate of drug-likeness (QED) is 0.838. The van der Waals surface area contributed by atoms with Crippen molar-refractivity contribution in [3.63, 3.8) is 0 Å². The van der Waals surface area contributed by atoms with Crippen molar-refractivity contribution in [2.45, 2.75) is 6.42 Å². The predicted molar refractivity (Wildman–Crippen MR) is 78.8 cm³/mol. The minimum absolute atomic E-state index is 0.173. The van der Waals surface area contributed by atoms with Crippen LogP contribution in [0.25, 0.3) is 11.0 Å². The Morgan fingerprint density at radius 1 is 1.29 bits per heavy atom. The summed E-state index contributed by atoms with van der Waals surface area (Å²) in [6.07, 6.45) is 0.353. The van der Waals surface area contributed by atoms with Crippen LogP contribution in [0.1, 0.15) is 6.42 Å². The van der Waals surface area contributed by atoms with Gasteiger partial charge in [-0.05, 0) is 12.1 Å². The van der Waals surface area contributed by atoms with E-state index in [-0.39, 0.29) is 11.6 Å². The van der Waals surface area contributed by atoms with Crippen molar-refractivity contribution >= 4 is 16.9 Å². The molecule has 2 N–H and O–H groups in total. The fourth-order valence-electron chi connectivity index (χ4n) is 2.43. The molecule has 2 heterocycles. The van der Waals surface area contributed by atoms with Gasteiger partial charge in [0, 0.05) is 26.1 Å². The molecular formula is C14H18N4O3. The molecule has 1 aliphatic rings. The molecule has 0 atom stereocenters. The van der Waals surface area contributed by atoms with E-state index in [1.54, 1.807) is 12.1 Å². The molecule has 1 aliphatic heterocycles. The molecule has 0 unspecified atom stereocenters. The van der Waals surface area contributed by atoms with Crippen LogP contribution in [0.5, 0.6) is 0 Å². The molecule has 21 heavy (non-hydrogen) atoms. The summed E-state index contributed by atoms with van der Waals surface area (Å²) in [6, 6.07) is 7.25. The van der Waals surface area contributed by atoms with Crippen molar-refractivity contribution in [2.75, 3.05) is 38.3 Å². The highest BCUT2D eigenvalue weighted by molar-refractivity contribution is 5.86. The van der Waals surface area contributed by atoms with Crippen LogP contribution in [0, 0.1) is 0 Å². The van der Waals surface area contributed by atoms with E-state index in [9.17, 15) is 9.59 Å². The van der Waals surface area contributed by atoms with E-state index in [1.807, 2.05) is 12.1 Å². The van der Waals surface area contributed by atoms with Crippen LogP contribution in [0.15, 0.2) is 29.1 Å². The SMILES string of the molecule is O=C(CCN1CCOCC1)Nn1c(=O)[nH]c2ccccc21. The number of benzene rings is 1. The van der Waals surface area contributed by atoms with Crippen LogP contribution < -0.4 is 11.1 Å². The Morgan fingerprint density at radius 2 is 2.05 bits per heavy atom. The number of ether oxygens (including phenoxy) is 1. The lowest BCUT2D eigenvalue weighted by atomic mass is 10.3. The lowest BCUT2D eigenvalue weighted by molar-refractivity contribution is -0.117. The van der Waals surface area contributed by atoms with Gasteiger partial charge >= 0.3 is 5.69 Å². The maximum Gasteiger partial charge on any atom is 0.345 e. The average Bonchev–Trinajstić information content (AvgIpc) is 2.82. The number of amides is 1. The number of imidazole rings is 1. The second-order valence-electron chi connectivity index (χ2n) is 5.02. The zero-order chi connectivity index (χ0) is 14.7. The summed E-state index contributed by atoms with van der Waals surface area (Å²) in [6.45, 7) is 3.79. The van der Waals surface area contributed by atoms with E-state index in [1.165, 1.54) is 4.68 Å². The molecule has 0 bridgehead atoms. The molecule has 1 saturated heterocycles. The lowest BCUT2D eigenvalue weighted by Crippen LogP contribution is -2.39. The van der Waals surface area contributed by atoms with Crippen molar-refractivity contribution in [1.29, 1.82) is 0 Å². The number of H-pyrrole nitrogens is 1. The lowest BCUT2D eigenvalue weighted by Gasteiger charge is -2.26. The summed E-state index contributed by atoms with van der Waals surface area (Å²) in [5, 5.41) is 0. The third-order valence-electron chi connectivity index (χ3n) is 3.58. The molecule has 0 saturated carbocycles. The fraction of sp³-hybridized carbons (Fsp3) is 0.429. The summed E-state index contributed by atoms with van der Waals surface area (Å²) in [5.41, 5.74) is 3.69. The number of nitrogens with one attached hydrogen (secondary N) is 2. The number of morpholine rings is 1. The first-order chi connectivity index (χ1) is 10.2. The van der Waals surface area contributed by atoms with Gasteiger partial charge in [0.15, 0.2) is 0 Å². The Morgan fingerprint density at radius 3 is 2.86 bits per heavy atom. The first-order valence-electron chi connectivity index (χ1n) is 7.04. The predicted octanol–water partition coefficient (Wildman–Crippen LogP) is 0.122. The average molecular weight is 290 g/mol. The number of hydrogen-bond donors (Lipinski definition) is 2. The maximum absolute atomic E-state index is 12.0. The molecule has 0 radical (unpaired) electrons. The number of aromatic nitrogens is 2. The number of carbonyl (C=O) groups is 1. The zero-order valence-corrected chi connectivity index (χ0v) is 11.7. The van der Waals surface area contributed by atoms with E-state index in [0.29, 0.717) is 37.2 Å². The Labute approximate surface area is 121 Å². The highest BCUT2D eigenvalue weighted by atomic mass is 16.5. The minimum atomic E-state index is -0.337. The van der Waals surface area contributed by atoms with Gasteiger partial charge in [-0.15, -0.1) is 0 Å². The molecule has 7 nitrogen and oxygen atoms in total. The van der Waals surface area contributed by atoms with Crippen molar-refractivity contribution in [3.05, 3.63) is 34.7 Å². The number of nitrogens with zero attached hydrogens (tertiary/aromatic N) is 2. The van der Waals surface area contributed by atoms with E-state index >= 15 is 0 Å². The first kappa shape index (κ1) is 13.8. The molecule has 1 amide bonds. The molecule has 0 aliphatic carbocycles. The van der Waals surface area contributed by atoms with E-state index in [0.717, 1.165) is 13.1 Å². The molecule has 1 aromatic heterocycles. The van der Waals surface area contributed by atoms with Crippen LogP contribution in [0.2, 0.25) is 0 Å². The normalized spacial score (nSPS) is 16.2. The zero-order valence-electron chi connectivity index (χ0n) is 11.7. The monoisotopic (exact) mass is 290 g/mol. The molecule has 112 valence electrons. The molecular weight excluding hydrogens is 272 g/mol. The van der Waals surface area contributed by atoms with Gasteiger partial charge in [0.25, 0.3) is 0 Å². The van der Waals surface area contributed by atoms with Gasteiger partial charge in [-0.2, -0.15) is 0 Å². The van der Waals surface area contributed by atoms with E-state index in [2.05, 4.69) is 15.3 Å². The number of rotatable bonds is 4. The summed E-state index contributed by atoms with van der Waals surface area (Å²) in [7, 11) is 0. The van der Waals surface area contributed by atoms with Gasteiger partial charge in [-0.3, -0.25) is 15.1 Å². The second-order valence-corrected chi connectivity index (χ2v) is 5.02. The van der Waals surface area contributed by atoms with Gasteiger partial charge < -0.3 is 9.72 Å². The van der Waals surface area contributed by atoms with Crippen LogP contribution in [-0.4, -0.2) is 53.3 Å². The molecule has 7 heteroatoms. The van der Waals surface area contributed by atoms with Crippen molar-refractivity contribution in [2.24, 2.45) is 0 Å². The topological polar surface area (TPSA) is 79.4 Å². The van der Waals surface area contributed by atoms with E-state index < -0.39 is 0 Å². The molecule has 2 aromatic rings. The van der Waals surface area contributed by atoms with Crippen molar-refractivity contribution in [3.8, 4) is 0 Å². The highest BCUT2D eigenvalue weighted by Gasteiger charge is 2.13. The Bertz CT molecular complexity index is 685. The van der Waals surface area contributed by atoms with Gasteiger partial charge in [-0.1, -0.05) is 12.1 Å². The maximum atomic E-state index is 12.0. The number of carbonyl (C=O) groups excluding carboxylic acids is 1. The van der Waals surface area contributed by atoms with Gasteiger partial charge in [-0.25, -0.2) is 9.47 Å². The fourth-order valence-corrected chi connectivity index (χ4v) is 2.43. The molecule has 0 spiro atoms.